The van der Waals surface area contributed by atoms with Gasteiger partial charge in [-0.1, -0.05) is 53.5 Å². The number of benzene rings is 3. The molecular formula is C27H20Cl2N2O2S. The molecule has 34 heavy (non-hydrogen) atoms. The van der Waals surface area contributed by atoms with Crippen LogP contribution in [0.2, 0.25) is 10.0 Å². The van der Waals surface area contributed by atoms with E-state index in [1.165, 1.54) is 11.3 Å². The molecule has 0 saturated heterocycles. The minimum absolute atomic E-state index is 0.158. The number of hydrogen-bond donors (Lipinski definition) is 2. The summed E-state index contributed by atoms with van der Waals surface area (Å²) in [6, 6.07) is 22.1. The number of thiazole rings is 1. The third-order valence-corrected chi connectivity index (χ3v) is 7.29. The minimum atomic E-state index is -1.46. The molecule has 0 spiro atoms. The Morgan fingerprint density at radius 3 is 2.44 bits per heavy atom. The van der Waals surface area contributed by atoms with Gasteiger partial charge in [-0.25, -0.2) is 4.98 Å². The monoisotopic (exact) mass is 506 g/mol. The number of rotatable bonds is 6. The van der Waals surface area contributed by atoms with Gasteiger partial charge in [-0.2, -0.15) is 0 Å². The average Bonchev–Trinajstić information content (AvgIpc) is 3.38. The van der Waals surface area contributed by atoms with Gasteiger partial charge in [0.25, 0.3) is 0 Å². The van der Waals surface area contributed by atoms with Crippen molar-refractivity contribution in [1.29, 1.82) is 0 Å². The van der Waals surface area contributed by atoms with E-state index in [1.54, 1.807) is 36.5 Å². The highest BCUT2D eigenvalue weighted by Gasteiger charge is 2.36. The van der Waals surface area contributed by atoms with Gasteiger partial charge in [0.1, 0.15) is 5.01 Å². The second-order valence-corrected chi connectivity index (χ2v) is 9.87. The molecule has 0 bridgehead atoms. The second kappa shape index (κ2) is 9.35. The van der Waals surface area contributed by atoms with Crippen LogP contribution in [-0.2, 0) is 18.4 Å². The Balaban J connectivity index is 1.63. The van der Waals surface area contributed by atoms with Gasteiger partial charge < -0.3 is 10.1 Å². The predicted molar refractivity (Wildman–Crippen MR) is 139 cm³/mol. The maximum absolute atomic E-state index is 12.3. The number of H-pyrrole nitrogens is 1. The Morgan fingerprint density at radius 1 is 0.912 bits per heavy atom. The normalized spacial score (nSPS) is 13.1. The Hall–Kier alpha value is -2.96. The van der Waals surface area contributed by atoms with E-state index in [0.717, 1.165) is 28.5 Å². The lowest BCUT2D eigenvalue weighted by atomic mass is 9.85. The molecular weight excluding hydrogens is 487 g/mol. The van der Waals surface area contributed by atoms with Crippen LogP contribution in [-0.4, -0.2) is 15.1 Å². The smallest absolute Gasteiger partial charge is 0.248 e. The number of aromatic nitrogens is 2. The standard InChI is InChI=1S/C27H20Cl2N2O2S/c28-21-9-6-19(7-10-21)27(33,26-30-12-13-34-26)20-8-11-24-23(16-20)18(15-25(32)31-24)5-4-17-2-1-3-22(29)14-17/h1-3,6-16,33H,4-5H2,(H,31,32). The molecule has 0 aliphatic carbocycles. The molecule has 0 aliphatic heterocycles. The fraction of sp³-hybridized carbons (Fsp3) is 0.111. The molecule has 0 aliphatic rings. The lowest BCUT2D eigenvalue weighted by Crippen LogP contribution is -2.28. The first-order valence-corrected chi connectivity index (χ1v) is 12.4. The molecule has 2 N–H and O–H groups in total. The van der Waals surface area contributed by atoms with E-state index in [4.69, 9.17) is 23.2 Å². The average molecular weight is 507 g/mol. The van der Waals surface area contributed by atoms with Crippen molar-refractivity contribution in [3.8, 4) is 0 Å². The molecule has 2 aromatic heterocycles. The number of nitrogens with zero attached hydrogens (tertiary/aromatic N) is 1. The highest BCUT2D eigenvalue weighted by molar-refractivity contribution is 7.09. The van der Waals surface area contributed by atoms with Gasteiger partial charge in [0, 0.05) is 38.6 Å². The summed E-state index contributed by atoms with van der Waals surface area (Å²) in [5.41, 5.74) is 2.41. The number of fused-ring (bicyclic) bond motifs is 1. The number of aromatic amines is 1. The van der Waals surface area contributed by atoms with Crippen LogP contribution in [0.3, 0.4) is 0 Å². The third-order valence-electron chi connectivity index (χ3n) is 5.92. The van der Waals surface area contributed by atoms with E-state index in [0.29, 0.717) is 32.6 Å². The van der Waals surface area contributed by atoms with E-state index < -0.39 is 5.60 Å². The van der Waals surface area contributed by atoms with Crippen molar-refractivity contribution >= 4 is 45.4 Å². The van der Waals surface area contributed by atoms with Crippen molar-refractivity contribution < 1.29 is 5.11 Å². The summed E-state index contributed by atoms with van der Waals surface area (Å²) < 4.78 is 0. The molecule has 4 nitrogen and oxygen atoms in total. The molecule has 3 aromatic carbocycles. The number of pyridine rings is 1. The van der Waals surface area contributed by atoms with Gasteiger partial charge >= 0.3 is 0 Å². The van der Waals surface area contributed by atoms with Crippen LogP contribution in [0.25, 0.3) is 10.9 Å². The largest absolute Gasteiger partial charge is 0.374 e. The Kier molecular flexibility index (Phi) is 6.28. The predicted octanol–water partition coefficient (Wildman–Crippen LogP) is 6.36. The van der Waals surface area contributed by atoms with Crippen molar-refractivity contribution in [2.75, 3.05) is 0 Å². The van der Waals surface area contributed by atoms with Gasteiger partial charge in [-0.05, 0) is 71.5 Å². The van der Waals surface area contributed by atoms with E-state index in [9.17, 15) is 9.90 Å². The zero-order chi connectivity index (χ0) is 23.7. The Labute approximate surface area is 210 Å². The lowest BCUT2D eigenvalue weighted by Gasteiger charge is -2.28. The summed E-state index contributed by atoms with van der Waals surface area (Å²) in [7, 11) is 0. The van der Waals surface area contributed by atoms with E-state index in [2.05, 4.69) is 9.97 Å². The summed E-state index contributed by atoms with van der Waals surface area (Å²) in [4.78, 5) is 19.7. The van der Waals surface area contributed by atoms with Gasteiger partial charge in [0.05, 0.1) is 0 Å². The lowest BCUT2D eigenvalue weighted by molar-refractivity contribution is 0.125. The van der Waals surface area contributed by atoms with Crippen LogP contribution in [0.4, 0.5) is 0 Å². The minimum Gasteiger partial charge on any atom is -0.374 e. The van der Waals surface area contributed by atoms with E-state index in [1.807, 2.05) is 47.8 Å². The van der Waals surface area contributed by atoms with Crippen LogP contribution in [0, 0.1) is 0 Å². The van der Waals surface area contributed by atoms with Crippen molar-refractivity contribution in [1.82, 2.24) is 9.97 Å². The molecule has 0 radical (unpaired) electrons. The van der Waals surface area contributed by atoms with Crippen LogP contribution in [0.5, 0.6) is 0 Å². The molecule has 1 atom stereocenters. The number of aliphatic hydroxyl groups is 1. The number of nitrogens with one attached hydrogen (secondary N) is 1. The maximum Gasteiger partial charge on any atom is 0.248 e. The second-order valence-electron chi connectivity index (χ2n) is 8.10. The molecule has 5 rings (SSSR count). The third kappa shape index (κ3) is 4.40. The fourth-order valence-electron chi connectivity index (χ4n) is 4.23. The molecule has 5 aromatic rings. The highest BCUT2D eigenvalue weighted by Crippen LogP contribution is 2.39. The molecule has 170 valence electrons. The SMILES string of the molecule is O=c1cc(CCc2cccc(Cl)c2)c2cc(C(O)(c3ccc(Cl)cc3)c3nccs3)ccc2[nH]1. The highest BCUT2D eigenvalue weighted by atomic mass is 35.5. The topological polar surface area (TPSA) is 66.0 Å². The molecule has 2 heterocycles. The summed E-state index contributed by atoms with van der Waals surface area (Å²) in [6.07, 6.45) is 3.06. The van der Waals surface area contributed by atoms with Crippen LogP contribution in [0.1, 0.15) is 27.3 Å². The van der Waals surface area contributed by atoms with Crippen molar-refractivity contribution in [2.24, 2.45) is 0 Å². The summed E-state index contributed by atoms with van der Waals surface area (Å²) in [6.45, 7) is 0. The van der Waals surface area contributed by atoms with Gasteiger partial charge in [0.15, 0.2) is 5.60 Å². The first-order chi connectivity index (χ1) is 16.4. The van der Waals surface area contributed by atoms with Gasteiger partial charge in [0.2, 0.25) is 5.56 Å². The number of halogens is 2. The van der Waals surface area contributed by atoms with Crippen LogP contribution >= 0.6 is 34.5 Å². The van der Waals surface area contributed by atoms with Crippen molar-refractivity contribution in [3.05, 3.63) is 132 Å². The van der Waals surface area contributed by atoms with Gasteiger partial charge in [-0.15, -0.1) is 11.3 Å². The molecule has 7 heteroatoms. The fourth-order valence-corrected chi connectivity index (χ4v) is 5.35. The Bertz CT molecular complexity index is 1510. The van der Waals surface area contributed by atoms with Crippen LogP contribution < -0.4 is 5.56 Å². The molecule has 0 amide bonds. The first kappa shape index (κ1) is 22.8. The summed E-state index contributed by atoms with van der Waals surface area (Å²) in [5.74, 6) is 0. The van der Waals surface area contributed by atoms with E-state index in [-0.39, 0.29) is 5.56 Å². The number of aryl methyl sites for hydroxylation is 2. The summed E-state index contributed by atoms with van der Waals surface area (Å²) in [5, 5.41) is 16.6. The van der Waals surface area contributed by atoms with E-state index >= 15 is 0 Å². The number of hydrogen-bond acceptors (Lipinski definition) is 4. The van der Waals surface area contributed by atoms with Crippen LogP contribution in [0.15, 0.2) is 89.2 Å². The van der Waals surface area contributed by atoms with Crippen molar-refractivity contribution in [3.63, 3.8) is 0 Å². The first-order valence-electron chi connectivity index (χ1n) is 10.7. The quantitative estimate of drug-likeness (QED) is 0.281. The zero-order valence-electron chi connectivity index (χ0n) is 18.0. The zero-order valence-corrected chi connectivity index (χ0v) is 20.3. The molecule has 0 fully saturated rings. The molecule has 1 unspecified atom stereocenters. The van der Waals surface area contributed by atoms with Crippen molar-refractivity contribution in [2.45, 2.75) is 18.4 Å². The van der Waals surface area contributed by atoms with Gasteiger partial charge in [-0.3, -0.25) is 4.79 Å². The Morgan fingerprint density at radius 2 is 1.71 bits per heavy atom. The summed E-state index contributed by atoms with van der Waals surface area (Å²) >= 11 is 13.6. The maximum atomic E-state index is 12.3. The molecule has 0 saturated carbocycles.